The van der Waals surface area contributed by atoms with E-state index < -0.39 is 0 Å². The van der Waals surface area contributed by atoms with Crippen LogP contribution in [0.5, 0.6) is 0 Å². The lowest BCUT2D eigenvalue weighted by Crippen LogP contribution is -2.10. The van der Waals surface area contributed by atoms with Gasteiger partial charge in [0.1, 0.15) is 0 Å². The van der Waals surface area contributed by atoms with Crippen molar-refractivity contribution >= 4 is 34.8 Å². The molecule has 0 saturated heterocycles. The molecule has 2 nitrogen and oxygen atoms in total. The van der Waals surface area contributed by atoms with Crippen LogP contribution in [0.25, 0.3) is 67.9 Å². The zero-order valence-electron chi connectivity index (χ0n) is 34.9. The number of anilines is 3. The summed E-state index contributed by atoms with van der Waals surface area (Å²) in [5.74, 6) is 0. The van der Waals surface area contributed by atoms with E-state index in [0.29, 0.717) is 0 Å². The number of hydrogen-bond acceptors (Lipinski definition) is 1. The van der Waals surface area contributed by atoms with E-state index in [1.807, 2.05) is 0 Å². The van der Waals surface area contributed by atoms with Gasteiger partial charge in [-0.2, -0.15) is 0 Å². The predicted octanol–water partition coefficient (Wildman–Crippen LogP) is 16.3. The number of allylic oxidation sites excluding steroid dienone is 6. The van der Waals surface area contributed by atoms with Gasteiger partial charge in [-0.15, -0.1) is 0 Å². The minimum atomic E-state index is 1.10. The number of aromatic nitrogens is 1. The van der Waals surface area contributed by atoms with Crippen LogP contribution in [0.2, 0.25) is 0 Å². The largest absolute Gasteiger partial charge is 0.311 e. The second kappa shape index (κ2) is 16.6. The van der Waals surface area contributed by atoms with Gasteiger partial charge in [-0.1, -0.05) is 146 Å². The van der Waals surface area contributed by atoms with Gasteiger partial charge in [0.2, 0.25) is 0 Å². The summed E-state index contributed by atoms with van der Waals surface area (Å²) in [6.07, 6.45) is 22.9. The monoisotopic (exact) mass is 796 g/mol. The summed E-state index contributed by atoms with van der Waals surface area (Å²) in [5, 5.41) is 0. The second-order valence-corrected chi connectivity index (χ2v) is 16.6. The van der Waals surface area contributed by atoms with Crippen molar-refractivity contribution in [3.63, 3.8) is 0 Å². The topological polar surface area (TPSA) is 8.17 Å². The Hall–Kier alpha value is -7.42. The van der Waals surface area contributed by atoms with Crippen LogP contribution >= 0.6 is 0 Å². The first-order valence-electron chi connectivity index (χ1n) is 22.2. The van der Waals surface area contributed by atoms with Gasteiger partial charge in [-0.05, 0) is 178 Å². The molecule has 11 rings (SSSR count). The van der Waals surface area contributed by atoms with E-state index in [1.165, 1.54) is 72.7 Å². The van der Waals surface area contributed by atoms with E-state index >= 15 is 0 Å². The Morgan fingerprint density at radius 1 is 0.339 bits per heavy atom. The molecule has 2 heteroatoms. The summed E-state index contributed by atoms with van der Waals surface area (Å²) < 4.78 is 2.47. The van der Waals surface area contributed by atoms with Crippen molar-refractivity contribution in [3.05, 3.63) is 234 Å². The molecular weight excluding hydrogens is 749 g/mol. The fraction of sp³-hybridized carbons (Fsp3) is 0.100. The number of nitrogens with zero attached hydrogens (tertiary/aromatic N) is 2. The minimum Gasteiger partial charge on any atom is -0.311 e. The molecule has 62 heavy (non-hydrogen) atoms. The van der Waals surface area contributed by atoms with Gasteiger partial charge in [-0.25, -0.2) is 0 Å². The van der Waals surface area contributed by atoms with Crippen LogP contribution < -0.4 is 4.90 Å². The highest BCUT2D eigenvalue weighted by Crippen LogP contribution is 2.39. The van der Waals surface area contributed by atoms with Crippen molar-refractivity contribution in [1.82, 2.24) is 4.57 Å². The van der Waals surface area contributed by atoms with Gasteiger partial charge in [0.15, 0.2) is 0 Å². The predicted molar refractivity (Wildman–Crippen MR) is 263 cm³/mol. The molecule has 0 fully saturated rings. The SMILES string of the molecule is C1=CC(c2ccc(N(c3ccc(-c4ccccc4)cc3)c3ccc(-c4cccc(-c5cccc(-c6ccc(-n7c8c(c9c7C=CCC9)CCC=C8)cc6)c5)c4)cc3)cc2)=CCC1. The summed E-state index contributed by atoms with van der Waals surface area (Å²) in [5.41, 5.74) is 22.6. The molecule has 3 aliphatic rings. The van der Waals surface area contributed by atoms with Crippen molar-refractivity contribution in [1.29, 1.82) is 0 Å². The molecule has 298 valence electrons. The van der Waals surface area contributed by atoms with Crippen molar-refractivity contribution in [2.75, 3.05) is 4.90 Å². The highest BCUT2D eigenvalue weighted by molar-refractivity contribution is 5.83. The highest BCUT2D eigenvalue weighted by atomic mass is 15.1. The van der Waals surface area contributed by atoms with Crippen LogP contribution in [0.15, 0.2) is 206 Å². The number of fused-ring (bicyclic) bond motifs is 3. The lowest BCUT2D eigenvalue weighted by Gasteiger charge is -2.26. The molecule has 3 aliphatic carbocycles. The molecule has 0 spiro atoms. The molecule has 0 saturated carbocycles. The third kappa shape index (κ3) is 7.28. The quantitative estimate of drug-likeness (QED) is 0.141. The molecule has 0 amide bonds. The fourth-order valence-electron chi connectivity index (χ4n) is 9.61. The molecule has 1 heterocycles. The van der Waals surface area contributed by atoms with Crippen LogP contribution in [0.3, 0.4) is 0 Å². The lowest BCUT2D eigenvalue weighted by molar-refractivity contribution is 0.922. The molecule has 0 N–H and O–H groups in total. The molecule has 1 aromatic heterocycles. The third-order valence-corrected chi connectivity index (χ3v) is 12.8. The first kappa shape index (κ1) is 37.6. The molecule has 0 radical (unpaired) electrons. The first-order chi connectivity index (χ1) is 30.7. The van der Waals surface area contributed by atoms with Gasteiger partial charge in [0.25, 0.3) is 0 Å². The maximum Gasteiger partial charge on any atom is 0.0494 e. The van der Waals surface area contributed by atoms with Gasteiger partial charge in [-0.3, -0.25) is 0 Å². The Bertz CT molecular complexity index is 2970. The van der Waals surface area contributed by atoms with Gasteiger partial charge < -0.3 is 9.47 Å². The molecule has 7 aromatic carbocycles. The average Bonchev–Trinajstić information content (AvgIpc) is 3.70. The summed E-state index contributed by atoms with van der Waals surface area (Å²) in [7, 11) is 0. The molecule has 8 aromatic rings. The summed E-state index contributed by atoms with van der Waals surface area (Å²) in [6, 6.07) is 64.6. The van der Waals surface area contributed by atoms with E-state index in [0.717, 1.165) is 55.6 Å². The number of benzene rings is 7. The van der Waals surface area contributed by atoms with Gasteiger partial charge >= 0.3 is 0 Å². The zero-order valence-corrected chi connectivity index (χ0v) is 34.9. The van der Waals surface area contributed by atoms with Crippen LogP contribution in [0, 0.1) is 0 Å². The van der Waals surface area contributed by atoms with Crippen LogP contribution in [0.4, 0.5) is 17.1 Å². The Labute approximate surface area is 365 Å². The Balaban J connectivity index is 0.870. The average molecular weight is 797 g/mol. The second-order valence-electron chi connectivity index (χ2n) is 16.6. The van der Waals surface area contributed by atoms with Gasteiger partial charge in [0, 0.05) is 34.1 Å². The Morgan fingerprint density at radius 2 is 0.758 bits per heavy atom. The van der Waals surface area contributed by atoms with E-state index in [-0.39, 0.29) is 0 Å². The first-order valence-corrected chi connectivity index (χ1v) is 22.2. The van der Waals surface area contributed by atoms with Crippen molar-refractivity contribution in [2.45, 2.75) is 38.5 Å². The smallest absolute Gasteiger partial charge is 0.0494 e. The number of hydrogen-bond donors (Lipinski definition) is 0. The normalized spacial score (nSPS) is 14.0. The summed E-state index contributed by atoms with van der Waals surface area (Å²) >= 11 is 0. The Morgan fingerprint density at radius 3 is 1.26 bits per heavy atom. The molecular formula is C60H48N2. The Kier molecular flexibility index (Phi) is 10.0. The number of rotatable bonds is 9. The lowest BCUT2D eigenvalue weighted by atomic mass is 9.94. The van der Waals surface area contributed by atoms with Crippen LogP contribution in [0.1, 0.15) is 53.8 Å². The standard InChI is InChI=1S/C60H48N2/c1-3-13-43(14-4-1)45-25-33-53(34-26-45)61(54-35-27-46(28-36-54)44-15-5-2-6-16-44)55-37-29-47(30-38-55)49-17-11-19-51(41-49)52-20-12-18-50(42-52)48-31-39-56(40-32-48)62-59-23-9-7-21-57(59)58-22-8-10-24-60(58)62/h1,3-5,9-20,23-42H,2,6-8,21-22H2. The van der Waals surface area contributed by atoms with E-state index in [1.54, 1.807) is 11.1 Å². The highest BCUT2D eigenvalue weighted by Gasteiger charge is 2.23. The van der Waals surface area contributed by atoms with Crippen molar-refractivity contribution < 1.29 is 0 Å². The molecule has 0 aliphatic heterocycles. The van der Waals surface area contributed by atoms with Gasteiger partial charge in [0.05, 0.1) is 0 Å². The summed E-state index contributed by atoms with van der Waals surface area (Å²) in [4.78, 5) is 2.36. The molecule has 0 bridgehead atoms. The van der Waals surface area contributed by atoms with Crippen molar-refractivity contribution in [3.8, 4) is 50.2 Å². The maximum atomic E-state index is 2.47. The van der Waals surface area contributed by atoms with E-state index in [9.17, 15) is 0 Å². The maximum absolute atomic E-state index is 2.47. The minimum absolute atomic E-state index is 1.10. The molecule has 0 atom stereocenters. The summed E-state index contributed by atoms with van der Waals surface area (Å²) in [6.45, 7) is 0. The fourth-order valence-corrected chi connectivity index (χ4v) is 9.61. The third-order valence-electron chi connectivity index (χ3n) is 12.8. The van der Waals surface area contributed by atoms with E-state index in [4.69, 9.17) is 0 Å². The van der Waals surface area contributed by atoms with Crippen molar-refractivity contribution in [2.24, 2.45) is 0 Å². The zero-order chi connectivity index (χ0) is 41.2. The van der Waals surface area contributed by atoms with E-state index in [2.05, 4.69) is 228 Å². The van der Waals surface area contributed by atoms with Crippen LogP contribution in [-0.2, 0) is 12.8 Å². The van der Waals surface area contributed by atoms with Crippen LogP contribution in [-0.4, -0.2) is 4.57 Å². The molecule has 0 unspecified atom stereocenters.